The molecule has 2 saturated heterocycles. The molecule has 2 fully saturated rings. The minimum Gasteiger partial charge on any atom is -0.462 e. The van der Waals surface area contributed by atoms with Crippen molar-refractivity contribution in [3.63, 3.8) is 0 Å². The Kier molecular flexibility index (Phi) is 18.7. The van der Waals surface area contributed by atoms with E-state index < -0.39 is 109 Å². The zero-order chi connectivity index (χ0) is 56.1. The molecular weight excluding hydrogens is 1080 g/mol. The normalized spacial score (nSPS) is 23.2. The average molecular weight is 1130 g/mol. The summed E-state index contributed by atoms with van der Waals surface area (Å²) in [5, 5.41) is 0. The maximum atomic E-state index is 14.9. The summed E-state index contributed by atoms with van der Waals surface area (Å²) in [6.07, 6.45) is -12.7. The quantitative estimate of drug-likeness (QED) is 0.0286. The molecule has 0 aliphatic carbocycles. The molecule has 0 bridgehead atoms. The summed E-state index contributed by atoms with van der Waals surface area (Å²) in [5.74, 6) is -5.44. The van der Waals surface area contributed by atoms with Crippen LogP contribution in [0.25, 0.3) is 0 Å². The van der Waals surface area contributed by atoms with E-state index in [2.05, 4.69) is 0 Å². The Hall–Kier alpha value is -8.00. The number of benzene rings is 7. The minimum atomic E-state index is -1.87. The van der Waals surface area contributed by atoms with Crippen LogP contribution in [0.15, 0.2) is 211 Å². The molecule has 10 rings (SSSR count). The van der Waals surface area contributed by atoms with Gasteiger partial charge < -0.3 is 42.6 Å². The summed E-state index contributed by atoms with van der Waals surface area (Å²) in [6, 6.07) is 57.0. The van der Waals surface area contributed by atoms with E-state index in [0.29, 0.717) is 5.56 Å². The monoisotopic (exact) mass is 1130 g/mol. The first kappa shape index (κ1) is 56.3. The molecule has 414 valence electrons. The molecule has 0 N–H and O–H groups in total. The van der Waals surface area contributed by atoms with Gasteiger partial charge in [0.15, 0.2) is 24.6 Å². The third-order valence-electron chi connectivity index (χ3n) is 13.6. The van der Waals surface area contributed by atoms with Crippen LogP contribution in [0.3, 0.4) is 0 Å². The van der Waals surface area contributed by atoms with Crippen LogP contribution in [0.5, 0.6) is 0 Å². The molecule has 10 unspecified atom stereocenters. The van der Waals surface area contributed by atoms with E-state index in [1.165, 1.54) is 48.2 Å². The van der Waals surface area contributed by atoms with Gasteiger partial charge in [0.25, 0.3) is 11.8 Å². The Labute approximate surface area is 476 Å². The van der Waals surface area contributed by atoms with Crippen molar-refractivity contribution >= 4 is 59.1 Å². The molecular formula is C63H54ClNO15S. The Balaban J connectivity index is 1.13. The van der Waals surface area contributed by atoms with Gasteiger partial charge in [-0.3, -0.25) is 19.3 Å². The average Bonchev–Trinajstić information content (AvgIpc) is 3.88. The first-order chi connectivity index (χ1) is 39.6. The summed E-state index contributed by atoms with van der Waals surface area (Å²) >= 11 is 7.21. The highest BCUT2D eigenvalue weighted by Crippen LogP contribution is 2.43. The molecule has 3 aliphatic rings. The van der Waals surface area contributed by atoms with Crippen molar-refractivity contribution in [2.24, 2.45) is 0 Å². The molecule has 10 atom stereocenters. The molecule has 0 saturated carbocycles. The van der Waals surface area contributed by atoms with Crippen molar-refractivity contribution in [1.29, 1.82) is 0 Å². The Morgan fingerprint density at radius 1 is 0.481 bits per heavy atom. The van der Waals surface area contributed by atoms with E-state index in [1.54, 1.807) is 78.9 Å². The number of fused-ring (bicyclic) bond motifs is 1. The Morgan fingerprint density at radius 2 is 0.926 bits per heavy atom. The first-order valence-electron chi connectivity index (χ1n) is 26.1. The van der Waals surface area contributed by atoms with Crippen molar-refractivity contribution in [1.82, 2.24) is 4.90 Å². The highest BCUT2D eigenvalue weighted by molar-refractivity contribution is 7.99. The number of rotatable bonds is 21. The van der Waals surface area contributed by atoms with Gasteiger partial charge in [0, 0.05) is 4.90 Å². The number of thioether (sulfide) groups is 1. The largest absolute Gasteiger partial charge is 0.462 e. The standard InChI is InChI=1S/C63H54ClNO15S/c64-35-50(66)73-39-49-53(77-59(69)42-25-11-3-12-26-42)55(78-60(70)43-27-13-4-14-28-43)56(79-61(71)44-29-15-5-16-30-44)62(75-49)80-52-48(38-72-36-40-21-7-1-8-22-40)76-63(81-45-31-17-6-18-32-45)51(54(52)74-37-41-23-9-2-10-24-41)65-57(67)46-33-19-20-34-47(46)58(65)68/h1-34,48-49,51-56,62-63H,35-39H2. The van der Waals surface area contributed by atoms with E-state index in [-0.39, 0.29) is 47.6 Å². The van der Waals surface area contributed by atoms with Crippen molar-refractivity contribution in [3.8, 4) is 0 Å². The van der Waals surface area contributed by atoms with Gasteiger partial charge in [-0.1, -0.05) is 157 Å². The van der Waals surface area contributed by atoms with Crippen LogP contribution in [0, 0.1) is 0 Å². The molecule has 0 aromatic heterocycles. The van der Waals surface area contributed by atoms with Gasteiger partial charge in [-0.25, -0.2) is 14.4 Å². The maximum absolute atomic E-state index is 14.9. The highest BCUT2D eigenvalue weighted by atomic mass is 35.5. The van der Waals surface area contributed by atoms with Crippen molar-refractivity contribution < 1.29 is 71.4 Å². The van der Waals surface area contributed by atoms with Crippen molar-refractivity contribution in [2.45, 2.75) is 78.6 Å². The number of amides is 2. The Morgan fingerprint density at radius 3 is 1.44 bits per heavy atom. The second kappa shape index (κ2) is 27.0. The fourth-order valence-corrected chi connectivity index (χ4v) is 11.0. The van der Waals surface area contributed by atoms with Crippen LogP contribution >= 0.6 is 23.4 Å². The smallest absolute Gasteiger partial charge is 0.338 e. The third-order valence-corrected chi connectivity index (χ3v) is 15.0. The third kappa shape index (κ3) is 13.6. The summed E-state index contributed by atoms with van der Waals surface area (Å²) in [5.41, 5.74) is 1.05. The van der Waals surface area contributed by atoms with Crippen LogP contribution in [0.1, 0.15) is 62.9 Å². The molecule has 0 spiro atoms. The van der Waals surface area contributed by atoms with Crippen LogP contribution in [-0.4, -0.2) is 120 Å². The fraction of sp³-hybridized carbons (Fsp3) is 0.238. The number of hydrogen-bond acceptors (Lipinski definition) is 16. The fourth-order valence-electron chi connectivity index (χ4n) is 9.69. The van der Waals surface area contributed by atoms with Gasteiger partial charge >= 0.3 is 23.9 Å². The molecule has 3 aliphatic heterocycles. The minimum absolute atomic E-state index is 0.0732. The number of ether oxygens (including phenoxy) is 9. The number of alkyl halides is 1. The van der Waals surface area contributed by atoms with Crippen molar-refractivity contribution in [3.05, 3.63) is 245 Å². The molecule has 3 heterocycles. The molecule has 7 aromatic carbocycles. The molecule has 0 radical (unpaired) electrons. The summed E-state index contributed by atoms with van der Waals surface area (Å²) in [4.78, 5) is 88.0. The second-order valence-electron chi connectivity index (χ2n) is 18.9. The second-order valence-corrected chi connectivity index (χ2v) is 20.4. The Bertz CT molecular complexity index is 3220. The van der Waals surface area contributed by atoms with Gasteiger partial charge in [-0.15, -0.1) is 11.6 Å². The number of halogens is 1. The van der Waals surface area contributed by atoms with Gasteiger partial charge in [0.05, 0.1) is 47.6 Å². The summed E-state index contributed by atoms with van der Waals surface area (Å²) in [6.45, 7) is -0.843. The van der Waals surface area contributed by atoms with Gasteiger partial charge in [0.1, 0.15) is 48.4 Å². The van der Waals surface area contributed by atoms with Gasteiger partial charge in [-0.05, 0) is 71.8 Å². The number of carbonyl (C=O) groups is 6. The lowest BCUT2D eigenvalue weighted by Gasteiger charge is -2.51. The maximum Gasteiger partial charge on any atom is 0.338 e. The number of nitrogens with zero attached hydrogens (tertiary/aromatic N) is 1. The lowest BCUT2D eigenvalue weighted by molar-refractivity contribution is -0.336. The van der Waals surface area contributed by atoms with E-state index in [4.69, 9.17) is 54.2 Å². The van der Waals surface area contributed by atoms with Crippen LogP contribution in [0.4, 0.5) is 0 Å². The topological polar surface area (TPSA) is 189 Å². The molecule has 16 nitrogen and oxygen atoms in total. The lowest BCUT2D eigenvalue weighted by Crippen LogP contribution is -2.68. The molecule has 81 heavy (non-hydrogen) atoms. The summed E-state index contributed by atoms with van der Waals surface area (Å²) < 4.78 is 59.4. The summed E-state index contributed by atoms with van der Waals surface area (Å²) in [7, 11) is 0. The number of esters is 4. The van der Waals surface area contributed by atoms with E-state index >= 15 is 0 Å². The van der Waals surface area contributed by atoms with Crippen LogP contribution in [0.2, 0.25) is 0 Å². The van der Waals surface area contributed by atoms with E-state index in [1.807, 2.05) is 91.0 Å². The SMILES string of the molecule is O=C(CCl)OCC1OC(OC2C(COCc3ccccc3)OC(Sc3ccccc3)C(N3C(=O)c4ccccc4C3=O)C2OCc2ccccc2)C(OC(=O)c2ccccc2)C(OC(=O)c2ccccc2)C1OC(=O)c1ccccc1. The molecule has 18 heteroatoms. The van der Waals surface area contributed by atoms with Crippen LogP contribution in [-0.2, 0) is 60.6 Å². The van der Waals surface area contributed by atoms with Crippen molar-refractivity contribution in [2.75, 3.05) is 19.1 Å². The number of imide groups is 1. The first-order valence-corrected chi connectivity index (χ1v) is 27.5. The number of carbonyl (C=O) groups excluding carboxylic acids is 6. The van der Waals surface area contributed by atoms with Gasteiger partial charge in [-0.2, -0.15) is 0 Å². The van der Waals surface area contributed by atoms with E-state index in [9.17, 15) is 28.8 Å². The lowest BCUT2D eigenvalue weighted by atomic mass is 9.94. The van der Waals surface area contributed by atoms with Gasteiger partial charge in [0.2, 0.25) is 0 Å². The molecule has 2 amide bonds. The highest BCUT2D eigenvalue weighted by Gasteiger charge is 2.59. The van der Waals surface area contributed by atoms with E-state index in [0.717, 1.165) is 15.4 Å². The predicted molar refractivity (Wildman–Crippen MR) is 295 cm³/mol. The van der Waals surface area contributed by atoms with Crippen LogP contribution < -0.4 is 0 Å². The predicted octanol–water partition coefficient (Wildman–Crippen LogP) is 9.54. The zero-order valence-corrected chi connectivity index (χ0v) is 44.9. The zero-order valence-electron chi connectivity index (χ0n) is 43.3. The molecule has 7 aromatic rings. The number of hydrogen-bond donors (Lipinski definition) is 0.